The van der Waals surface area contributed by atoms with Gasteiger partial charge in [-0.25, -0.2) is 4.98 Å². The summed E-state index contributed by atoms with van der Waals surface area (Å²) < 4.78 is 1.77. The third kappa shape index (κ3) is 5.23. The Morgan fingerprint density at radius 2 is 1.82 bits per heavy atom. The van der Waals surface area contributed by atoms with Gasteiger partial charge in [0.25, 0.3) is 5.91 Å². The zero-order valence-electron chi connectivity index (χ0n) is 15.8. The summed E-state index contributed by atoms with van der Waals surface area (Å²) in [6.45, 7) is 4.27. The van der Waals surface area contributed by atoms with E-state index in [2.05, 4.69) is 25.7 Å². The maximum Gasteiger partial charge on any atom is 0.257 e. The lowest BCUT2D eigenvalue weighted by Crippen LogP contribution is -2.19. The number of aryl methyl sites for hydroxylation is 2. The van der Waals surface area contributed by atoms with Gasteiger partial charge in [-0.3, -0.25) is 19.3 Å². The van der Waals surface area contributed by atoms with Gasteiger partial charge >= 0.3 is 0 Å². The van der Waals surface area contributed by atoms with Crippen molar-refractivity contribution in [3.8, 4) is 0 Å². The number of hydrogen-bond donors (Lipinski definition) is 2. The molecule has 0 aliphatic rings. The van der Waals surface area contributed by atoms with Crippen LogP contribution in [0.3, 0.4) is 0 Å². The van der Waals surface area contributed by atoms with Gasteiger partial charge in [-0.2, -0.15) is 5.10 Å². The zero-order valence-corrected chi connectivity index (χ0v) is 15.8. The molecule has 0 fully saturated rings. The Kier molecular flexibility index (Phi) is 6.11. The van der Waals surface area contributed by atoms with Gasteiger partial charge in [0.2, 0.25) is 5.91 Å². The van der Waals surface area contributed by atoms with Crippen LogP contribution < -0.4 is 10.6 Å². The van der Waals surface area contributed by atoms with Crippen molar-refractivity contribution in [1.82, 2.24) is 19.7 Å². The van der Waals surface area contributed by atoms with Gasteiger partial charge in [-0.1, -0.05) is 13.8 Å². The molecule has 2 amide bonds. The maximum atomic E-state index is 12.5. The monoisotopic (exact) mass is 378 g/mol. The van der Waals surface area contributed by atoms with E-state index in [9.17, 15) is 9.59 Å². The Labute approximate surface area is 163 Å². The smallest absolute Gasteiger partial charge is 0.257 e. The van der Waals surface area contributed by atoms with Crippen LogP contribution in [0.5, 0.6) is 0 Å². The van der Waals surface area contributed by atoms with Crippen LogP contribution in [0.1, 0.15) is 29.8 Å². The van der Waals surface area contributed by atoms with Crippen LogP contribution >= 0.6 is 0 Å². The van der Waals surface area contributed by atoms with E-state index in [1.165, 1.54) is 17.8 Å². The predicted octanol–water partition coefficient (Wildman–Crippen LogP) is 2.76. The number of carbonyl (C=O) groups excluding carboxylic acids is 2. The fourth-order valence-corrected chi connectivity index (χ4v) is 2.45. The van der Waals surface area contributed by atoms with Gasteiger partial charge in [0.1, 0.15) is 5.82 Å². The van der Waals surface area contributed by atoms with Crippen LogP contribution in [0.2, 0.25) is 0 Å². The molecule has 3 rings (SSSR count). The molecular formula is C20H22N6O2. The highest BCUT2D eigenvalue weighted by Gasteiger charge is 2.12. The minimum absolute atomic E-state index is 0.155. The number of carbonyl (C=O) groups is 2. The highest BCUT2D eigenvalue weighted by atomic mass is 16.2. The summed E-state index contributed by atoms with van der Waals surface area (Å²) in [5.41, 5.74) is 1.56. The highest BCUT2D eigenvalue weighted by molar-refractivity contribution is 6.04. The molecule has 0 aliphatic carbocycles. The number of aromatic nitrogens is 4. The average Bonchev–Trinajstić information content (AvgIpc) is 3.14. The largest absolute Gasteiger partial charge is 0.310 e. The number of hydrogen-bond acceptors (Lipinski definition) is 5. The number of amides is 2. The van der Waals surface area contributed by atoms with E-state index in [-0.39, 0.29) is 17.7 Å². The van der Waals surface area contributed by atoms with E-state index >= 15 is 0 Å². The molecule has 0 unspecified atom stereocenters. The lowest BCUT2D eigenvalue weighted by molar-refractivity contribution is -0.118. The molecule has 3 aromatic rings. The molecule has 144 valence electrons. The minimum atomic E-state index is -0.318. The molecule has 0 radical (unpaired) electrons. The van der Waals surface area contributed by atoms with Crippen LogP contribution in [0, 0.1) is 5.92 Å². The normalized spacial score (nSPS) is 10.7. The zero-order chi connectivity index (χ0) is 19.9. The van der Waals surface area contributed by atoms with E-state index in [0.717, 1.165) is 6.42 Å². The first-order valence-electron chi connectivity index (χ1n) is 9.02. The third-order valence-corrected chi connectivity index (χ3v) is 4.06. The fraction of sp³-hybridized carbons (Fsp3) is 0.250. The van der Waals surface area contributed by atoms with E-state index in [0.29, 0.717) is 23.7 Å². The van der Waals surface area contributed by atoms with E-state index in [4.69, 9.17) is 0 Å². The van der Waals surface area contributed by atoms with E-state index in [1.54, 1.807) is 43.1 Å². The van der Waals surface area contributed by atoms with Gasteiger partial charge in [-0.05, 0) is 36.2 Å². The van der Waals surface area contributed by atoms with Crippen molar-refractivity contribution in [1.29, 1.82) is 0 Å². The number of nitrogens with one attached hydrogen (secondary N) is 2. The number of rotatable bonds is 7. The van der Waals surface area contributed by atoms with Gasteiger partial charge < -0.3 is 10.6 Å². The first-order chi connectivity index (χ1) is 13.5. The van der Waals surface area contributed by atoms with Gasteiger partial charge in [0.15, 0.2) is 5.82 Å². The molecule has 28 heavy (non-hydrogen) atoms. The second-order valence-electron chi connectivity index (χ2n) is 6.60. The Balaban J connectivity index is 1.59. The molecule has 3 aromatic heterocycles. The molecule has 8 heteroatoms. The molecule has 0 aromatic carbocycles. The molecule has 0 spiro atoms. The van der Waals surface area contributed by atoms with Crippen LogP contribution in [0.25, 0.3) is 0 Å². The molecule has 0 atom stereocenters. The SMILES string of the molecule is CC(C)C(=O)Nc1cc(C(=O)Nc2ccn(CCc3ccncc3)n2)ccn1. The van der Waals surface area contributed by atoms with Crippen LogP contribution in [0.4, 0.5) is 11.6 Å². The molecular weight excluding hydrogens is 356 g/mol. The van der Waals surface area contributed by atoms with Crippen molar-refractivity contribution in [2.45, 2.75) is 26.8 Å². The van der Waals surface area contributed by atoms with Crippen molar-refractivity contribution in [3.05, 3.63) is 66.2 Å². The van der Waals surface area contributed by atoms with Crippen LogP contribution in [-0.2, 0) is 17.8 Å². The molecule has 3 heterocycles. The lowest BCUT2D eigenvalue weighted by Gasteiger charge is -2.08. The number of nitrogens with zero attached hydrogens (tertiary/aromatic N) is 4. The minimum Gasteiger partial charge on any atom is -0.310 e. The van der Waals surface area contributed by atoms with Crippen LogP contribution in [-0.4, -0.2) is 31.6 Å². The fourth-order valence-electron chi connectivity index (χ4n) is 2.45. The average molecular weight is 378 g/mol. The Morgan fingerprint density at radius 1 is 1.04 bits per heavy atom. The van der Waals surface area contributed by atoms with Gasteiger partial charge in [-0.15, -0.1) is 0 Å². The number of anilines is 2. The van der Waals surface area contributed by atoms with Gasteiger partial charge in [0, 0.05) is 48.9 Å². The Bertz CT molecular complexity index is 952. The summed E-state index contributed by atoms with van der Waals surface area (Å²) in [5.74, 6) is 0.161. The van der Waals surface area contributed by atoms with Crippen molar-refractivity contribution >= 4 is 23.5 Å². The molecule has 2 N–H and O–H groups in total. The molecule has 0 saturated carbocycles. The highest BCUT2D eigenvalue weighted by Crippen LogP contribution is 2.11. The standard InChI is InChI=1S/C20H22N6O2/c1-14(2)19(27)24-18-13-16(5-10-22-18)20(28)23-17-7-12-26(25-17)11-6-15-3-8-21-9-4-15/h3-5,7-10,12-14H,6,11H2,1-2H3,(H,22,24,27)(H,23,25,28). The topological polar surface area (TPSA) is 102 Å². The molecule has 8 nitrogen and oxygen atoms in total. The molecule has 0 aliphatic heterocycles. The summed E-state index contributed by atoms with van der Waals surface area (Å²) in [6, 6.07) is 8.79. The lowest BCUT2D eigenvalue weighted by atomic mass is 10.2. The van der Waals surface area contributed by atoms with Crippen molar-refractivity contribution in [2.24, 2.45) is 5.92 Å². The third-order valence-electron chi connectivity index (χ3n) is 4.06. The maximum absolute atomic E-state index is 12.5. The summed E-state index contributed by atoms with van der Waals surface area (Å²) in [7, 11) is 0. The summed E-state index contributed by atoms with van der Waals surface area (Å²) >= 11 is 0. The first-order valence-corrected chi connectivity index (χ1v) is 9.02. The quantitative estimate of drug-likeness (QED) is 0.658. The first kappa shape index (κ1) is 19.2. The Morgan fingerprint density at radius 3 is 2.57 bits per heavy atom. The number of pyridine rings is 2. The summed E-state index contributed by atoms with van der Waals surface area (Å²) in [6.07, 6.45) is 7.64. The summed E-state index contributed by atoms with van der Waals surface area (Å²) in [4.78, 5) is 32.3. The van der Waals surface area contributed by atoms with E-state index in [1.807, 2.05) is 18.3 Å². The molecule has 0 saturated heterocycles. The van der Waals surface area contributed by atoms with Crippen molar-refractivity contribution < 1.29 is 9.59 Å². The van der Waals surface area contributed by atoms with Gasteiger partial charge in [0.05, 0.1) is 0 Å². The van der Waals surface area contributed by atoms with Crippen molar-refractivity contribution in [2.75, 3.05) is 10.6 Å². The second kappa shape index (κ2) is 8.90. The Hall–Kier alpha value is -3.55. The van der Waals surface area contributed by atoms with Crippen molar-refractivity contribution in [3.63, 3.8) is 0 Å². The van der Waals surface area contributed by atoms with E-state index < -0.39 is 0 Å². The predicted molar refractivity (Wildman–Crippen MR) is 106 cm³/mol. The van der Waals surface area contributed by atoms with Crippen LogP contribution in [0.15, 0.2) is 55.1 Å². The molecule has 0 bridgehead atoms. The summed E-state index contributed by atoms with van der Waals surface area (Å²) in [5, 5.41) is 9.81. The second-order valence-corrected chi connectivity index (χ2v) is 6.60.